The van der Waals surface area contributed by atoms with Crippen molar-refractivity contribution in [1.29, 1.82) is 0 Å². The molecule has 1 saturated heterocycles. The van der Waals surface area contributed by atoms with Crippen LogP contribution in [0.25, 0.3) is 0 Å². The molecule has 1 fully saturated rings. The molecule has 25 heavy (non-hydrogen) atoms. The van der Waals surface area contributed by atoms with E-state index in [1.165, 1.54) is 5.56 Å². The van der Waals surface area contributed by atoms with Crippen molar-refractivity contribution in [2.24, 2.45) is 0 Å². The predicted molar refractivity (Wildman–Crippen MR) is 94.3 cm³/mol. The van der Waals surface area contributed by atoms with Crippen LogP contribution in [0.4, 0.5) is 5.69 Å². The van der Waals surface area contributed by atoms with E-state index in [0.717, 1.165) is 12.1 Å². The number of anilines is 1. The second-order valence-corrected chi connectivity index (χ2v) is 6.27. The summed E-state index contributed by atoms with van der Waals surface area (Å²) in [6.45, 7) is 0.598. The SMILES string of the molecule is O=C1C[C@H](c2noc(CCc3ccccc3)n2)CN1c1ccccc1. The van der Waals surface area contributed by atoms with Gasteiger partial charge < -0.3 is 9.42 Å². The highest BCUT2D eigenvalue weighted by Crippen LogP contribution is 2.30. The summed E-state index contributed by atoms with van der Waals surface area (Å²) in [5.41, 5.74) is 2.16. The third kappa shape index (κ3) is 3.45. The van der Waals surface area contributed by atoms with Crippen LogP contribution in [0, 0.1) is 0 Å². The zero-order chi connectivity index (χ0) is 17.1. The molecule has 0 saturated carbocycles. The van der Waals surface area contributed by atoms with Gasteiger partial charge in [0.2, 0.25) is 11.8 Å². The van der Waals surface area contributed by atoms with E-state index < -0.39 is 0 Å². The van der Waals surface area contributed by atoms with Crippen LogP contribution in [0.2, 0.25) is 0 Å². The first-order valence-corrected chi connectivity index (χ1v) is 8.51. The minimum Gasteiger partial charge on any atom is -0.339 e. The fourth-order valence-corrected chi connectivity index (χ4v) is 3.17. The van der Waals surface area contributed by atoms with Crippen molar-refractivity contribution < 1.29 is 9.32 Å². The summed E-state index contributed by atoms with van der Waals surface area (Å²) in [4.78, 5) is 18.6. The van der Waals surface area contributed by atoms with Gasteiger partial charge in [-0.25, -0.2) is 0 Å². The highest BCUT2D eigenvalue weighted by Gasteiger charge is 2.34. The lowest BCUT2D eigenvalue weighted by molar-refractivity contribution is -0.117. The third-order valence-electron chi connectivity index (χ3n) is 4.51. The molecule has 2 heterocycles. The van der Waals surface area contributed by atoms with E-state index in [1.54, 1.807) is 4.90 Å². The van der Waals surface area contributed by atoms with Gasteiger partial charge in [0.1, 0.15) is 0 Å². The molecule has 1 aliphatic rings. The Morgan fingerprint density at radius 2 is 1.72 bits per heavy atom. The number of para-hydroxylation sites is 1. The van der Waals surface area contributed by atoms with Crippen molar-refractivity contribution >= 4 is 11.6 Å². The normalized spacial score (nSPS) is 17.2. The Morgan fingerprint density at radius 1 is 1.00 bits per heavy atom. The average molecular weight is 333 g/mol. The number of hydrogen-bond acceptors (Lipinski definition) is 4. The van der Waals surface area contributed by atoms with Gasteiger partial charge >= 0.3 is 0 Å². The smallest absolute Gasteiger partial charge is 0.227 e. The number of benzene rings is 2. The summed E-state index contributed by atoms with van der Waals surface area (Å²) in [5, 5.41) is 4.11. The molecule has 0 spiro atoms. The molecule has 2 aromatic carbocycles. The lowest BCUT2D eigenvalue weighted by atomic mass is 10.1. The molecule has 1 aliphatic heterocycles. The Labute approximate surface area is 146 Å². The van der Waals surface area contributed by atoms with E-state index in [-0.39, 0.29) is 11.8 Å². The number of carbonyl (C=O) groups excluding carboxylic acids is 1. The van der Waals surface area contributed by atoms with Crippen LogP contribution in [0.3, 0.4) is 0 Å². The maximum atomic E-state index is 12.3. The summed E-state index contributed by atoms with van der Waals surface area (Å²) in [7, 11) is 0. The Kier molecular flexibility index (Phi) is 4.29. The molecule has 0 radical (unpaired) electrons. The van der Waals surface area contributed by atoms with Crippen LogP contribution in [0.15, 0.2) is 65.2 Å². The first-order valence-electron chi connectivity index (χ1n) is 8.51. The molecule has 1 amide bonds. The molecular weight excluding hydrogens is 314 g/mol. The number of hydrogen-bond donors (Lipinski definition) is 0. The molecule has 5 heteroatoms. The van der Waals surface area contributed by atoms with Gasteiger partial charge in [0, 0.05) is 31.0 Å². The summed E-state index contributed by atoms with van der Waals surface area (Å²) in [6.07, 6.45) is 1.99. The molecule has 0 bridgehead atoms. The number of carbonyl (C=O) groups is 1. The van der Waals surface area contributed by atoms with Gasteiger partial charge in [0.15, 0.2) is 5.82 Å². The first-order chi connectivity index (χ1) is 12.3. The third-order valence-corrected chi connectivity index (χ3v) is 4.51. The number of rotatable bonds is 5. The summed E-state index contributed by atoms with van der Waals surface area (Å²) >= 11 is 0. The number of nitrogens with zero attached hydrogens (tertiary/aromatic N) is 3. The second-order valence-electron chi connectivity index (χ2n) is 6.27. The number of amides is 1. The van der Waals surface area contributed by atoms with E-state index in [0.29, 0.717) is 31.1 Å². The standard InChI is InChI=1S/C20H19N3O2/c24-19-13-16(14-23(19)17-9-5-2-6-10-17)20-21-18(25-22-20)12-11-15-7-3-1-4-8-15/h1-10,16H,11-14H2/t16-/m0/s1. The quantitative estimate of drug-likeness (QED) is 0.718. The molecule has 1 atom stereocenters. The topological polar surface area (TPSA) is 59.2 Å². The molecule has 126 valence electrons. The van der Waals surface area contributed by atoms with Crippen LogP contribution < -0.4 is 4.90 Å². The van der Waals surface area contributed by atoms with E-state index in [2.05, 4.69) is 22.3 Å². The fraction of sp³-hybridized carbons (Fsp3) is 0.250. The zero-order valence-electron chi connectivity index (χ0n) is 13.8. The Bertz CT molecular complexity index is 846. The Morgan fingerprint density at radius 3 is 2.48 bits per heavy atom. The highest BCUT2D eigenvalue weighted by atomic mass is 16.5. The Hall–Kier alpha value is -2.95. The second kappa shape index (κ2) is 6.89. The summed E-state index contributed by atoms with van der Waals surface area (Å²) in [6, 6.07) is 19.9. The maximum Gasteiger partial charge on any atom is 0.227 e. The largest absolute Gasteiger partial charge is 0.339 e. The van der Waals surface area contributed by atoms with Gasteiger partial charge in [-0.3, -0.25) is 4.79 Å². The lowest BCUT2D eigenvalue weighted by Gasteiger charge is -2.15. The Balaban J connectivity index is 1.41. The van der Waals surface area contributed by atoms with Crippen molar-refractivity contribution in [3.63, 3.8) is 0 Å². The van der Waals surface area contributed by atoms with Gasteiger partial charge in [0.05, 0.1) is 0 Å². The molecule has 0 unspecified atom stereocenters. The van der Waals surface area contributed by atoms with Crippen molar-refractivity contribution in [1.82, 2.24) is 10.1 Å². The van der Waals surface area contributed by atoms with Crippen LogP contribution in [-0.2, 0) is 17.6 Å². The van der Waals surface area contributed by atoms with E-state index in [9.17, 15) is 4.79 Å². The summed E-state index contributed by atoms with van der Waals surface area (Å²) in [5.74, 6) is 1.35. The van der Waals surface area contributed by atoms with Gasteiger partial charge in [-0.15, -0.1) is 0 Å². The predicted octanol–water partition coefficient (Wildman–Crippen LogP) is 3.38. The number of aromatic nitrogens is 2. The fourth-order valence-electron chi connectivity index (χ4n) is 3.17. The maximum absolute atomic E-state index is 12.3. The van der Waals surface area contributed by atoms with E-state index in [1.807, 2.05) is 48.5 Å². The van der Waals surface area contributed by atoms with Crippen LogP contribution in [0.1, 0.15) is 29.6 Å². The van der Waals surface area contributed by atoms with Gasteiger partial charge in [0.25, 0.3) is 0 Å². The average Bonchev–Trinajstić information content (AvgIpc) is 3.28. The van der Waals surface area contributed by atoms with Gasteiger partial charge in [-0.2, -0.15) is 4.98 Å². The zero-order valence-corrected chi connectivity index (χ0v) is 13.8. The molecule has 0 N–H and O–H groups in total. The minimum absolute atomic E-state index is 0.0121. The molecular formula is C20H19N3O2. The first kappa shape index (κ1) is 15.6. The molecule has 1 aromatic heterocycles. The number of aryl methyl sites for hydroxylation is 2. The van der Waals surface area contributed by atoms with Crippen molar-refractivity contribution in [2.45, 2.75) is 25.2 Å². The van der Waals surface area contributed by atoms with Gasteiger partial charge in [-0.05, 0) is 24.1 Å². The molecule has 4 rings (SSSR count). The van der Waals surface area contributed by atoms with Crippen LogP contribution in [0.5, 0.6) is 0 Å². The van der Waals surface area contributed by atoms with Crippen molar-refractivity contribution in [3.8, 4) is 0 Å². The van der Waals surface area contributed by atoms with Crippen LogP contribution >= 0.6 is 0 Å². The van der Waals surface area contributed by atoms with Crippen molar-refractivity contribution in [2.75, 3.05) is 11.4 Å². The monoisotopic (exact) mass is 333 g/mol. The van der Waals surface area contributed by atoms with E-state index >= 15 is 0 Å². The van der Waals surface area contributed by atoms with Crippen molar-refractivity contribution in [3.05, 3.63) is 77.9 Å². The lowest BCUT2D eigenvalue weighted by Crippen LogP contribution is -2.24. The molecule has 0 aliphatic carbocycles. The highest BCUT2D eigenvalue weighted by molar-refractivity contribution is 5.96. The van der Waals surface area contributed by atoms with Gasteiger partial charge in [-0.1, -0.05) is 53.7 Å². The molecule has 5 nitrogen and oxygen atoms in total. The summed E-state index contributed by atoms with van der Waals surface area (Å²) < 4.78 is 5.38. The van der Waals surface area contributed by atoms with E-state index in [4.69, 9.17) is 4.52 Å². The van der Waals surface area contributed by atoms with Crippen LogP contribution in [-0.4, -0.2) is 22.6 Å². The minimum atomic E-state index is -0.0121. The molecule has 3 aromatic rings.